The molecule has 2 N–H and O–H groups in total. The summed E-state index contributed by atoms with van der Waals surface area (Å²) in [6.45, 7) is 0. The van der Waals surface area contributed by atoms with Crippen LogP contribution in [0.25, 0.3) is 0 Å². The Morgan fingerprint density at radius 1 is 1.32 bits per heavy atom. The monoisotopic (exact) mass is 298 g/mol. The molecule has 0 radical (unpaired) electrons. The van der Waals surface area contributed by atoms with Crippen molar-refractivity contribution in [1.82, 2.24) is 0 Å². The molecule has 19 heavy (non-hydrogen) atoms. The number of hydrogen-bond acceptors (Lipinski definition) is 3. The first kappa shape index (κ1) is 17.5. The number of nitrogens with zero attached hydrogens (tertiary/aromatic N) is 1. The molecule has 0 unspecified atom stereocenters. The van der Waals surface area contributed by atoms with Crippen LogP contribution in [0.4, 0.5) is 17.6 Å². The fourth-order valence-electron chi connectivity index (χ4n) is 1.28. The molecule has 8 heteroatoms. The topological polar surface area (TPSA) is 59.0 Å². The highest BCUT2D eigenvalue weighted by atomic mass is 35.5. The zero-order valence-corrected chi connectivity index (χ0v) is 10.3. The maximum Gasteiger partial charge on any atom is 0.461 e. The minimum Gasteiger partial charge on any atom is -0.428 e. The molecule has 0 bridgehead atoms. The molecule has 0 aliphatic heterocycles. The average Bonchev–Trinajstić information content (AvgIpc) is 2.29. The molecule has 0 aliphatic rings. The van der Waals surface area contributed by atoms with Gasteiger partial charge >= 0.3 is 12.5 Å². The third-order valence-electron chi connectivity index (χ3n) is 2.13. The van der Waals surface area contributed by atoms with Gasteiger partial charge < -0.3 is 10.5 Å². The second-order valence-corrected chi connectivity index (χ2v) is 3.47. The van der Waals surface area contributed by atoms with Gasteiger partial charge in [-0.25, -0.2) is 0 Å². The van der Waals surface area contributed by atoms with Gasteiger partial charge in [0.15, 0.2) is 0 Å². The van der Waals surface area contributed by atoms with E-state index < -0.39 is 24.3 Å². The molecule has 1 atom stereocenters. The van der Waals surface area contributed by atoms with E-state index in [0.717, 1.165) is 6.07 Å². The Bertz CT molecular complexity index is 451. The highest BCUT2D eigenvalue weighted by Crippen LogP contribution is 2.32. The molecule has 0 saturated heterocycles. The summed E-state index contributed by atoms with van der Waals surface area (Å²) in [5.41, 5.74) is 5.65. The van der Waals surface area contributed by atoms with Crippen molar-refractivity contribution in [2.45, 2.75) is 25.0 Å². The van der Waals surface area contributed by atoms with Crippen LogP contribution in [0, 0.1) is 11.3 Å². The molecule has 3 nitrogen and oxygen atoms in total. The van der Waals surface area contributed by atoms with Crippen LogP contribution in [0.2, 0.25) is 0 Å². The summed E-state index contributed by atoms with van der Waals surface area (Å²) in [6.07, 6.45) is -8.68. The van der Waals surface area contributed by atoms with Crippen LogP contribution >= 0.6 is 12.4 Å². The standard InChI is InChI=1S/C11H10F4N2O.ClH/c12-10(13)11(14,15)18-9-4-2-1-3-7(9)8(17)5-6-16;/h1-4,8,10H,5,17H2;1H/t8-;/m1./s1. The number of alkyl halides is 4. The molecule has 0 aliphatic carbocycles. The molecule has 1 aromatic carbocycles. The Kier molecular flexibility index (Phi) is 6.59. The molecule has 106 valence electrons. The largest absolute Gasteiger partial charge is 0.461 e. The van der Waals surface area contributed by atoms with Gasteiger partial charge in [-0.1, -0.05) is 18.2 Å². The van der Waals surface area contributed by atoms with E-state index in [1.165, 1.54) is 18.2 Å². The van der Waals surface area contributed by atoms with Crippen molar-refractivity contribution >= 4 is 12.4 Å². The van der Waals surface area contributed by atoms with E-state index in [2.05, 4.69) is 4.74 Å². The van der Waals surface area contributed by atoms with Gasteiger partial charge in [-0.2, -0.15) is 22.8 Å². The molecule has 1 aromatic rings. The van der Waals surface area contributed by atoms with E-state index in [1.54, 1.807) is 6.07 Å². The SMILES string of the molecule is Cl.N#CC[C@@H](N)c1ccccc1OC(F)(F)C(F)F. The van der Waals surface area contributed by atoms with Crippen molar-refractivity contribution in [3.05, 3.63) is 29.8 Å². The molecule has 0 amide bonds. The van der Waals surface area contributed by atoms with Crippen LogP contribution in [-0.4, -0.2) is 12.5 Å². The minimum absolute atomic E-state index is 0. The van der Waals surface area contributed by atoms with Crippen molar-refractivity contribution in [1.29, 1.82) is 5.26 Å². The molecule has 0 aromatic heterocycles. The Labute approximate surface area is 113 Å². The predicted molar refractivity (Wildman–Crippen MR) is 62.4 cm³/mol. The fourth-order valence-corrected chi connectivity index (χ4v) is 1.28. The zero-order valence-electron chi connectivity index (χ0n) is 9.52. The highest BCUT2D eigenvalue weighted by Gasteiger charge is 2.44. The van der Waals surface area contributed by atoms with Gasteiger partial charge in [0.05, 0.1) is 12.5 Å². The number of nitriles is 1. The molecule has 0 fully saturated rings. The van der Waals surface area contributed by atoms with E-state index in [4.69, 9.17) is 11.0 Å². The Morgan fingerprint density at radius 3 is 2.42 bits per heavy atom. The number of benzene rings is 1. The highest BCUT2D eigenvalue weighted by molar-refractivity contribution is 5.85. The molecule has 0 spiro atoms. The molecule has 0 heterocycles. The van der Waals surface area contributed by atoms with Crippen molar-refractivity contribution in [2.24, 2.45) is 5.73 Å². The first-order valence-corrected chi connectivity index (χ1v) is 4.95. The van der Waals surface area contributed by atoms with Gasteiger partial charge in [0.1, 0.15) is 5.75 Å². The molecular formula is C11H11ClF4N2O. The Morgan fingerprint density at radius 2 is 1.89 bits per heavy atom. The Hall–Kier alpha value is -1.52. The second kappa shape index (κ2) is 7.16. The van der Waals surface area contributed by atoms with Gasteiger partial charge in [0.25, 0.3) is 0 Å². The van der Waals surface area contributed by atoms with Crippen molar-refractivity contribution < 1.29 is 22.3 Å². The number of nitrogens with two attached hydrogens (primary N) is 1. The van der Waals surface area contributed by atoms with E-state index in [1.807, 2.05) is 0 Å². The van der Waals surface area contributed by atoms with E-state index in [-0.39, 0.29) is 24.4 Å². The van der Waals surface area contributed by atoms with Crippen LogP contribution in [0.5, 0.6) is 5.75 Å². The first-order chi connectivity index (χ1) is 8.38. The zero-order chi connectivity index (χ0) is 13.8. The summed E-state index contributed by atoms with van der Waals surface area (Å²) in [6, 6.07) is 6.17. The third kappa shape index (κ3) is 4.58. The third-order valence-corrected chi connectivity index (χ3v) is 2.13. The lowest BCUT2D eigenvalue weighted by atomic mass is 10.0. The van der Waals surface area contributed by atoms with Crippen LogP contribution in [0.3, 0.4) is 0 Å². The summed E-state index contributed by atoms with van der Waals surface area (Å²) < 4.78 is 53.6. The molecule has 1 rings (SSSR count). The maximum absolute atomic E-state index is 12.8. The van der Waals surface area contributed by atoms with Gasteiger partial charge in [0, 0.05) is 11.6 Å². The number of rotatable bonds is 5. The van der Waals surface area contributed by atoms with Crippen molar-refractivity contribution in [3.63, 3.8) is 0 Å². The minimum atomic E-state index is -4.59. The smallest absolute Gasteiger partial charge is 0.428 e. The summed E-state index contributed by atoms with van der Waals surface area (Å²) in [5.74, 6) is -0.453. The first-order valence-electron chi connectivity index (χ1n) is 4.95. The summed E-state index contributed by atoms with van der Waals surface area (Å²) in [7, 11) is 0. The summed E-state index contributed by atoms with van der Waals surface area (Å²) in [5, 5.41) is 8.47. The lowest BCUT2D eigenvalue weighted by molar-refractivity contribution is -0.253. The van der Waals surface area contributed by atoms with Crippen LogP contribution in [0.15, 0.2) is 24.3 Å². The Balaban J connectivity index is 0.00000324. The van der Waals surface area contributed by atoms with Crippen molar-refractivity contribution in [2.75, 3.05) is 0 Å². The maximum atomic E-state index is 12.8. The van der Waals surface area contributed by atoms with E-state index in [9.17, 15) is 17.6 Å². The van der Waals surface area contributed by atoms with Crippen molar-refractivity contribution in [3.8, 4) is 11.8 Å². The van der Waals surface area contributed by atoms with Gasteiger partial charge in [0.2, 0.25) is 0 Å². The van der Waals surface area contributed by atoms with Gasteiger partial charge in [-0.15, -0.1) is 12.4 Å². The van der Waals surface area contributed by atoms with Crippen LogP contribution in [0.1, 0.15) is 18.0 Å². The number of ether oxygens (including phenoxy) is 1. The number of para-hydroxylation sites is 1. The average molecular weight is 299 g/mol. The normalized spacial score (nSPS) is 12.5. The molecular weight excluding hydrogens is 288 g/mol. The van der Waals surface area contributed by atoms with Crippen LogP contribution < -0.4 is 10.5 Å². The fraction of sp³-hybridized carbons (Fsp3) is 0.364. The lowest BCUT2D eigenvalue weighted by Gasteiger charge is -2.20. The van der Waals surface area contributed by atoms with Gasteiger partial charge in [-0.3, -0.25) is 0 Å². The van der Waals surface area contributed by atoms with Gasteiger partial charge in [-0.05, 0) is 6.07 Å². The lowest BCUT2D eigenvalue weighted by Crippen LogP contribution is -2.34. The summed E-state index contributed by atoms with van der Waals surface area (Å²) >= 11 is 0. The van der Waals surface area contributed by atoms with E-state index >= 15 is 0 Å². The quantitative estimate of drug-likeness (QED) is 0.849. The second-order valence-electron chi connectivity index (χ2n) is 3.47. The number of halogens is 5. The number of hydrogen-bond donors (Lipinski definition) is 1. The van der Waals surface area contributed by atoms with E-state index in [0.29, 0.717) is 0 Å². The molecule has 0 saturated carbocycles. The van der Waals surface area contributed by atoms with Crippen LogP contribution in [-0.2, 0) is 0 Å². The predicted octanol–water partition coefficient (Wildman–Crippen LogP) is 3.26. The summed E-state index contributed by atoms with van der Waals surface area (Å²) in [4.78, 5) is 0.